The molecule has 0 spiro atoms. The van der Waals surface area contributed by atoms with Crippen LogP contribution < -0.4 is 5.32 Å². The topological polar surface area (TPSA) is 66.5 Å². The molecule has 0 bridgehead atoms. The van der Waals surface area contributed by atoms with Gasteiger partial charge in [-0.2, -0.15) is 4.31 Å². The number of sulfonamides is 1. The van der Waals surface area contributed by atoms with E-state index in [1.807, 2.05) is 25.1 Å². The molecule has 2 aromatic rings. The number of nitrogens with one attached hydrogen (secondary N) is 1. The molecule has 1 fully saturated rings. The van der Waals surface area contributed by atoms with Crippen LogP contribution in [0.15, 0.2) is 41.3 Å². The second-order valence-corrected chi connectivity index (χ2v) is 10.0. The first kappa shape index (κ1) is 20.3. The lowest BCUT2D eigenvalue weighted by molar-refractivity contribution is 0.102. The largest absolute Gasteiger partial charge is 0.322 e. The summed E-state index contributed by atoms with van der Waals surface area (Å²) >= 11 is 2.22. The van der Waals surface area contributed by atoms with E-state index >= 15 is 0 Å². The Morgan fingerprint density at radius 1 is 1.00 bits per heavy atom. The maximum Gasteiger partial charge on any atom is 0.255 e. The number of hydrogen-bond donors (Lipinski definition) is 1. The van der Waals surface area contributed by atoms with E-state index in [0.717, 1.165) is 34.1 Å². The first-order valence-corrected chi connectivity index (χ1v) is 11.5. The maximum absolute atomic E-state index is 13.0. The van der Waals surface area contributed by atoms with Crippen molar-refractivity contribution >= 4 is 44.2 Å². The van der Waals surface area contributed by atoms with Crippen molar-refractivity contribution < 1.29 is 13.2 Å². The molecule has 0 atom stereocenters. The standard InChI is InChI=1S/C20H23IN2O3S/c1-14-6-7-16(20(24)22-18-9-8-17(21)12-15(18)2)13-19(14)27(25,26)23-10-4-3-5-11-23/h6-9,12-13H,3-5,10-11H2,1-2H3,(H,22,24). The van der Waals surface area contributed by atoms with Crippen LogP contribution in [0.3, 0.4) is 0 Å². The molecule has 144 valence electrons. The molecule has 0 aromatic heterocycles. The van der Waals surface area contributed by atoms with Gasteiger partial charge in [-0.1, -0.05) is 12.5 Å². The summed E-state index contributed by atoms with van der Waals surface area (Å²) in [5.41, 5.74) is 2.68. The summed E-state index contributed by atoms with van der Waals surface area (Å²) in [6.07, 6.45) is 2.82. The van der Waals surface area contributed by atoms with Crippen molar-refractivity contribution in [3.8, 4) is 0 Å². The smallest absolute Gasteiger partial charge is 0.255 e. The zero-order valence-electron chi connectivity index (χ0n) is 15.5. The van der Waals surface area contributed by atoms with E-state index in [1.165, 1.54) is 10.4 Å². The molecule has 5 nitrogen and oxygen atoms in total. The van der Waals surface area contributed by atoms with Gasteiger partial charge in [0.05, 0.1) is 4.90 Å². The summed E-state index contributed by atoms with van der Waals surface area (Å²) in [5, 5.41) is 2.88. The fraction of sp³-hybridized carbons (Fsp3) is 0.350. The SMILES string of the molecule is Cc1cc(I)ccc1NC(=O)c1ccc(C)c(S(=O)(=O)N2CCCCC2)c1. The van der Waals surface area contributed by atoms with Gasteiger partial charge in [-0.05, 0) is 90.7 Å². The Morgan fingerprint density at radius 2 is 1.70 bits per heavy atom. The highest BCUT2D eigenvalue weighted by atomic mass is 127. The van der Waals surface area contributed by atoms with Crippen LogP contribution in [0.5, 0.6) is 0 Å². The first-order valence-electron chi connectivity index (χ1n) is 8.97. The highest BCUT2D eigenvalue weighted by molar-refractivity contribution is 14.1. The van der Waals surface area contributed by atoms with Crippen LogP contribution in [0, 0.1) is 17.4 Å². The molecule has 1 aliphatic heterocycles. The Balaban J connectivity index is 1.89. The van der Waals surface area contributed by atoms with Crippen molar-refractivity contribution in [2.24, 2.45) is 0 Å². The number of carbonyl (C=O) groups excluding carboxylic acids is 1. The number of anilines is 1. The summed E-state index contributed by atoms with van der Waals surface area (Å²) < 4.78 is 28.7. The van der Waals surface area contributed by atoms with Crippen LogP contribution in [-0.4, -0.2) is 31.7 Å². The first-order chi connectivity index (χ1) is 12.8. The van der Waals surface area contributed by atoms with Gasteiger partial charge in [0.1, 0.15) is 0 Å². The van der Waals surface area contributed by atoms with Gasteiger partial charge >= 0.3 is 0 Å². The molecule has 1 amide bonds. The van der Waals surface area contributed by atoms with E-state index in [4.69, 9.17) is 0 Å². The van der Waals surface area contributed by atoms with Gasteiger partial charge < -0.3 is 5.32 Å². The third-order valence-corrected chi connectivity index (χ3v) is 7.53. The van der Waals surface area contributed by atoms with Crippen LogP contribution in [0.1, 0.15) is 40.7 Å². The monoisotopic (exact) mass is 498 g/mol. The van der Waals surface area contributed by atoms with Crippen molar-refractivity contribution in [3.63, 3.8) is 0 Å². The van der Waals surface area contributed by atoms with Gasteiger partial charge in [-0.25, -0.2) is 8.42 Å². The number of nitrogens with zero attached hydrogens (tertiary/aromatic N) is 1. The molecule has 0 unspecified atom stereocenters. The van der Waals surface area contributed by atoms with E-state index in [2.05, 4.69) is 27.9 Å². The average Bonchev–Trinajstić information content (AvgIpc) is 2.65. The number of amides is 1. The Morgan fingerprint density at radius 3 is 2.37 bits per heavy atom. The van der Waals surface area contributed by atoms with E-state index in [9.17, 15) is 13.2 Å². The highest BCUT2D eigenvalue weighted by Crippen LogP contribution is 2.25. The van der Waals surface area contributed by atoms with E-state index in [1.54, 1.807) is 19.1 Å². The molecule has 1 heterocycles. The predicted molar refractivity (Wildman–Crippen MR) is 116 cm³/mol. The van der Waals surface area contributed by atoms with Crippen LogP contribution in [-0.2, 0) is 10.0 Å². The van der Waals surface area contributed by atoms with Crippen molar-refractivity contribution in [2.45, 2.75) is 38.0 Å². The molecular weight excluding hydrogens is 475 g/mol. The lowest BCUT2D eigenvalue weighted by atomic mass is 10.1. The number of hydrogen-bond acceptors (Lipinski definition) is 3. The molecule has 3 rings (SSSR count). The lowest BCUT2D eigenvalue weighted by Crippen LogP contribution is -2.36. The summed E-state index contributed by atoms with van der Waals surface area (Å²) in [5.74, 6) is -0.311. The van der Waals surface area contributed by atoms with Crippen molar-refractivity contribution in [1.82, 2.24) is 4.31 Å². The summed E-state index contributed by atoms with van der Waals surface area (Å²) in [6.45, 7) is 4.78. The molecule has 27 heavy (non-hydrogen) atoms. The van der Waals surface area contributed by atoms with Gasteiger partial charge in [0.25, 0.3) is 5.91 Å². The molecule has 0 radical (unpaired) electrons. The Kier molecular flexibility index (Phi) is 6.22. The number of piperidine rings is 1. The third kappa shape index (κ3) is 4.52. The molecule has 1 saturated heterocycles. The van der Waals surface area contributed by atoms with Crippen LogP contribution >= 0.6 is 22.6 Å². The summed E-state index contributed by atoms with van der Waals surface area (Å²) in [4.78, 5) is 12.9. The van der Waals surface area contributed by atoms with Crippen LogP contribution in [0.2, 0.25) is 0 Å². The molecule has 2 aromatic carbocycles. The van der Waals surface area contributed by atoms with Crippen molar-refractivity contribution in [1.29, 1.82) is 0 Å². The van der Waals surface area contributed by atoms with Crippen LogP contribution in [0.4, 0.5) is 5.69 Å². The number of halogens is 1. The fourth-order valence-corrected chi connectivity index (χ4v) is 5.64. The molecular formula is C20H23IN2O3S. The number of carbonyl (C=O) groups is 1. The summed E-state index contributed by atoms with van der Waals surface area (Å²) in [6, 6.07) is 10.6. The predicted octanol–water partition coefficient (Wildman–Crippen LogP) is 4.33. The number of rotatable bonds is 4. The highest BCUT2D eigenvalue weighted by Gasteiger charge is 2.28. The average molecular weight is 498 g/mol. The third-order valence-electron chi connectivity index (χ3n) is 4.82. The minimum Gasteiger partial charge on any atom is -0.322 e. The van der Waals surface area contributed by atoms with Gasteiger partial charge in [-0.15, -0.1) is 0 Å². The number of aryl methyl sites for hydroxylation is 2. The maximum atomic E-state index is 13.0. The molecule has 1 aliphatic rings. The van der Waals surface area contributed by atoms with Crippen molar-refractivity contribution in [3.05, 3.63) is 56.7 Å². The van der Waals surface area contributed by atoms with Gasteiger partial charge in [0, 0.05) is 27.9 Å². The quantitative estimate of drug-likeness (QED) is 0.639. The van der Waals surface area contributed by atoms with E-state index < -0.39 is 10.0 Å². The molecule has 7 heteroatoms. The minimum absolute atomic E-state index is 0.219. The van der Waals surface area contributed by atoms with Gasteiger partial charge in [-0.3, -0.25) is 4.79 Å². The van der Waals surface area contributed by atoms with Crippen LogP contribution in [0.25, 0.3) is 0 Å². The molecule has 1 N–H and O–H groups in total. The van der Waals surface area contributed by atoms with Crippen molar-refractivity contribution in [2.75, 3.05) is 18.4 Å². The fourth-order valence-electron chi connectivity index (χ4n) is 3.23. The minimum atomic E-state index is -3.58. The number of benzene rings is 2. The zero-order chi connectivity index (χ0) is 19.6. The van der Waals surface area contributed by atoms with Gasteiger partial charge in [0.15, 0.2) is 0 Å². The van der Waals surface area contributed by atoms with E-state index in [-0.39, 0.29) is 10.8 Å². The molecule has 0 saturated carbocycles. The second kappa shape index (κ2) is 8.28. The van der Waals surface area contributed by atoms with E-state index in [0.29, 0.717) is 24.2 Å². The van der Waals surface area contributed by atoms with Gasteiger partial charge in [0.2, 0.25) is 10.0 Å². The summed E-state index contributed by atoms with van der Waals surface area (Å²) in [7, 11) is -3.58. The Hall–Kier alpha value is -1.45. The molecule has 0 aliphatic carbocycles. The normalized spacial score (nSPS) is 15.5. The lowest BCUT2D eigenvalue weighted by Gasteiger charge is -2.26. The zero-order valence-corrected chi connectivity index (χ0v) is 18.4. The Labute approximate surface area is 174 Å². The Bertz CT molecular complexity index is 967. The second-order valence-electron chi connectivity index (χ2n) is 6.86.